The minimum Gasteiger partial charge on any atom is -0.357 e. The lowest BCUT2D eigenvalue weighted by atomic mass is 10.2. The highest BCUT2D eigenvalue weighted by molar-refractivity contribution is 6.76. The van der Waals surface area contributed by atoms with Crippen LogP contribution in [-0.4, -0.2) is 27.6 Å². The Hall–Kier alpha value is 0.340. The summed E-state index contributed by atoms with van der Waals surface area (Å²) < 4.78 is -1.60. The number of hydrogen-bond donors (Lipinski definition) is 1. The molecule has 0 unspecified atom stereocenters. The quantitative estimate of drug-likeness (QED) is 0.437. The van der Waals surface area contributed by atoms with Gasteiger partial charge in [-0.05, 0) is 12.8 Å². The first kappa shape index (κ1) is 15.3. The van der Waals surface area contributed by atoms with E-state index in [9.17, 15) is 0 Å². The van der Waals surface area contributed by atoms with Gasteiger partial charge in [-0.2, -0.15) is 0 Å². The Morgan fingerprint density at radius 2 is 1.47 bits per heavy atom. The molecule has 0 aromatic rings. The summed E-state index contributed by atoms with van der Waals surface area (Å²) in [5.41, 5.74) is 0. The van der Waals surface area contributed by atoms with Crippen LogP contribution in [0.3, 0.4) is 0 Å². The van der Waals surface area contributed by atoms with Gasteiger partial charge >= 0.3 is 0 Å². The van der Waals surface area contributed by atoms with Crippen LogP contribution in [0.15, 0.2) is 0 Å². The number of nitrogens with zero attached hydrogens (tertiary/aromatic N) is 1. The zero-order valence-electron chi connectivity index (χ0n) is 9.32. The molecule has 0 fully saturated rings. The van der Waals surface area contributed by atoms with Crippen molar-refractivity contribution in [2.24, 2.45) is 0 Å². The molecule has 5 heteroatoms. The first-order chi connectivity index (χ1) is 6.93. The summed E-state index contributed by atoms with van der Waals surface area (Å²) in [5.74, 6) is 0.0920. The molecule has 0 aliphatic heterocycles. The van der Waals surface area contributed by atoms with E-state index in [1.54, 1.807) is 0 Å². The van der Waals surface area contributed by atoms with Gasteiger partial charge in [-0.3, -0.25) is 5.41 Å². The van der Waals surface area contributed by atoms with Crippen LogP contribution in [0, 0.1) is 5.41 Å². The van der Waals surface area contributed by atoms with Gasteiger partial charge < -0.3 is 4.90 Å². The van der Waals surface area contributed by atoms with Crippen molar-refractivity contribution in [1.82, 2.24) is 4.90 Å². The molecule has 0 bridgehead atoms. The molecule has 0 spiro atoms. The summed E-state index contributed by atoms with van der Waals surface area (Å²) in [5, 5.41) is 7.78. The van der Waals surface area contributed by atoms with Gasteiger partial charge in [0, 0.05) is 13.1 Å². The predicted octanol–water partition coefficient (Wildman–Crippen LogP) is 4.24. The van der Waals surface area contributed by atoms with Gasteiger partial charge in [0.25, 0.3) is 0 Å². The number of unbranched alkanes of at least 4 members (excludes halogenated alkanes) is 2. The van der Waals surface area contributed by atoms with E-state index in [0.29, 0.717) is 0 Å². The molecule has 0 atom stereocenters. The van der Waals surface area contributed by atoms with Crippen molar-refractivity contribution in [3.63, 3.8) is 0 Å². The summed E-state index contributed by atoms with van der Waals surface area (Å²) in [4.78, 5) is 1.86. The van der Waals surface area contributed by atoms with Crippen molar-refractivity contribution in [3.8, 4) is 0 Å². The van der Waals surface area contributed by atoms with Crippen LogP contribution in [0.5, 0.6) is 0 Å². The zero-order valence-corrected chi connectivity index (χ0v) is 11.6. The molecule has 0 aromatic carbocycles. The molecule has 0 heterocycles. The fraction of sp³-hybridized carbons (Fsp3) is 0.900. The van der Waals surface area contributed by atoms with Gasteiger partial charge in [-0.25, -0.2) is 0 Å². The zero-order chi connectivity index (χ0) is 11.9. The third-order valence-electron chi connectivity index (χ3n) is 2.15. The number of nitrogens with one attached hydrogen (secondary N) is 1. The van der Waals surface area contributed by atoms with Crippen LogP contribution in [0.4, 0.5) is 0 Å². The number of alkyl halides is 3. The number of amidine groups is 1. The largest absolute Gasteiger partial charge is 0.357 e. The topological polar surface area (TPSA) is 27.1 Å². The normalized spacial score (nSPS) is 11.5. The van der Waals surface area contributed by atoms with Crippen LogP contribution >= 0.6 is 34.8 Å². The van der Waals surface area contributed by atoms with E-state index in [1.807, 2.05) is 4.90 Å². The fourth-order valence-electron chi connectivity index (χ4n) is 1.21. The molecule has 2 nitrogen and oxygen atoms in total. The Morgan fingerprint density at radius 1 is 1.07 bits per heavy atom. The van der Waals surface area contributed by atoms with Crippen molar-refractivity contribution in [2.45, 2.75) is 43.3 Å². The lowest BCUT2D eigenvalue weighted by Crippen LogP contribution is -2.40. The van der Waals surface area contributed by atoms with Crippen molar-refractivity contribution in [3.05, 3.63) is 0 Å². The molecule has 0 rings (SSSR count). The van der Waals surface area contributed by atoms with E-state index in [4.69, 9.17) is 40.2 Å². The number of halogens is 3. The predicted molar refractivity (Wildman–Crippen MR) is 69.4 cm³/mol. The lowest BCUT2D eigenvalue weighted by Gasteiger charge is -2.28. The Bertz CT molecular complexity index is 182. The summed E-state index contributed by atoms with van der Waals surface area (Å²) in [7, 11) is 0. The first-order valence-electron chi connectivity index (χ1n) is 5.34. The average Bonchev–Trinajstić information content (AvgIpc) is 2.16. The standard InChI is InChI=1S/C10H19Cl3N2/c1-3-5-7-15(8-6-4-2)9(14)10(11,12)13/h14H,3-8H2,1-2H3. The maximum Gasteiger partial charge on any atom is 0.247 e. The van der Waals surface area contributed by atoms with Gasteiger partial charge in [0.1, 0.15) is 5.84 Å². The minimum absolute atomic E-state index is 0.0920. The molecular weight excluding hydrogens is 254 g/mol. The smallest absolute Gasteiger partial charge is 0.247 e. The van der Waals surface area contributed by atoms with Crippen molar-refractivity contribution < 1.29 is 0 Å². The van der Waals surface area contributed by atoms with Gasteiger partial charge in [0.05, 0.1) is 0 Å². The second-order valence-corrected chi connectivity index (χ2v) is 5.82. The number of rotatable bonds is 6. The summed E-state index contributed by atoms with van der Waals surface area (Å²) in [6.07, 6.45) is 4.20. The molecule has 15 heavy (non-hydrogen) atoms. The van der Waals surface area contributed by atoms with Crippen LogP contribution in [0.1, 0.15) is 39.5 Å². The third kappa shape index (κ3) is 6.49. The Labute approximate surface area is 107 Å². The average molecular weight is 274 g/mol. The van der Waals surface area contributed by atoms with E-state index >= 15 is 0 Å². The van der Waals surface area contributed by atoms with E-state index < -0.39 is 3.79 Å². The molecule has 0 saturated heterocycles. The second-order valence-electron chi connectivity index (χ2n) is 3.54. The maximum atomic E-state index is 7.78. The Morgan fingerprint density at radius 3 is 1.73 bits per heavy atom. The van der Waals surface area contributed by atoms with Crippen LogP contribution in [0.2, 0.25) is 0 Å². The number of hydrogen-bond acceptors (Lipinski definition) is 1. The van der Waals surface area contributed by atoms with Crippen LogP contribution in [0.25, 0.3) is 0 Å². The lowest BCUT2D eigenvalue weighted by molar-refractivity contribution is 0.391. The SMILES string of the molecule is CCCCN(CCCC)C(=N)C(Cl)(Cl)Cl. The maximum absolute atomic E-state index is 7.78. The van der Waals surface area contributed by atoms with Gasteiger partial charge in [-0.1, -0.05) is 61.5 Å². The van der Waals surface area contributed by atoms with Gasteiger partial charge in [0.15, 0.2) is 0 Å². The van der Waals surface area contributed by atoms with Crippen molar-refractivity contribution in [1.29, 1.82) is 5.41 Å². The minimum atomic E-state index is -1.60. The van der Waals surface area contributed by atoms with Gasteiger partial charge in [0.2, 0.25) is 3.79 Å². The molecule has 0 amide bonds. The molecule has 0 saturated carbocycles. The summed E-state index contributed by atoms with van der Waals surface area (Å²) in [6, 6.07) is 0. The van der Waals surface area contributed by atoms with E-state index in [1.165, 1.54) is 0 Å². The highest BCUT2D eigenvalue weighted by Gasteiger charge is 2.30. The third-order valence-corrected chi connectivity index (χ3v) is 2.68. The van der Waals surface area contributed by atoms with Crippen molar-refractivity contribution in [2.75, 3.05) is 13.1 Å². The molecule has 0 aliphatic carbocycles. The molecule has 0 aliphatic rings. The molecule has 0 aromatic heterocycles. The highest BCUT2D eigenvalue weighted by Crippen LogP contribution is 2.29. The van der Waals surface area contributed by atoms with Crippen LogP contribution < -0.4 is 0 Å². The molecule has 1 N–H and O–H groups in total. The first-order valence-corrected chi connectivity index (χ1v) is 6.47. The van der Waals surface area contributed by atoms with E-state index in [-0.39, 0.29) is 5.84 Å². The Balaban J connectivity index is 4.27. The Kier molecular flexibility index (Phi) is 7.76. The van der Waals surface area contributed by atoms with E-state index in [0.717, 1.165) is 38.8 Å². The summed E-state index contributed by atoms with van der Waals surface area (Å²) in [6.45, 7) is 5.81. The van der Waals surface area contributed by atoms with Crippen molar-refractivity contribution >= 4 is 40.6 Å². The van der Waals surface area contributed by atoms with Gasteiger partial charge in [-0.15, -0.1) is 0 Å². The van der Waals surface area contributed by atoms with E-state index in [2.05, 4.69) is 13.8 Å². The summed E-state index contributed by atoms with van der Waals surface area (Å²) >= 11 is 17.1. The molecular formula is C10H19Cl3N2. The molecule has 0 radical (unpaired) electrons. The monoisotopic (exact) mass is 272 g/mol. The van der Waals surface area contributed by atoms with Crippen LogP contribution in [-0.2, 0) is 0 Å². The highest BCUT2D eigenvalue weighted by atomic mass is 35.6. The molecule has 90 valence electrons. The second kappa shape index (κ2) is 7.59. The fourth-order valence-corrected chi connectivity index (χ4v) is 1.57.